The third-order valence-corrected chi connectivity index (χ3v) is 2.70. The van der Waals surface area contributed by atoms with E-state index in [4.69, 9.17) is 5.73 Å². The molecule has 1 aliphatic heterocycles. The van der Waals surface area contributed by atoms with Gasteiger partial charge in [-0.2, -0.15) is 0 Å². The standard InChI is InChI=1S/C12H15N3O2/c13-8-9-3-1-4-10(7-9)15-11(16)5-2-6-14-12(15)17/h1,3-4,7H,2,5-6,8,13H2,(H,14,17). The van der Waals surface area contributed by atoms with E-state index >= 15 is 0 Å². The van der Waals surface area contributed by atoms with Crippen LogP contribution in [-0.4, -0.2) is 18.5 Å². The van der Waals surface area contributed by atoms with E-state index in [1.54, 1.807) is 18.2 Å². The minimum absolute atomic E-state index is 0.172. The summed E-state index contributed by atoms with van der Waals surface area (Å²) in [5, 5.41) is 2.70. The average molecular weight is 233 g/mol. The summed E-state index contributed by atoms with van der Waals surface area (Å²) < 4.78 is 0. The van der Waals surface area contributed by atoms with Crippen molar-refractivity contribution in [3.63, 3.8) is 0 Å². The maximum atomic E-state index is 11.9. The van der Waals surface area contributed by atoms with Crippen molar-refractivity contribution >= 4 is 17.6 Å². The van der Waals surface area contributed by atoms with Gasteiger partial charge in [0.25, 0.3) is 0 Å². The second-order valence-electron chi connectivity index (χ2n) is 3.94. The molecule has 1 aromatic rings. The van der Waals surface area contributed by atoms with E-state index in [0.717, 1.165) is 5.56 Å². The number of imide groups is 1. The number of carbonyl (C=O) groups is 2. The third-order valence-electron chi connectivity index (χ3n) is 2.70. The maximum absolute atomic E-state index is 11.9. The zero-order valence-electron chi connectivity index (χ0n) is 9.48. The first-order chi connectivity index (χ1) is 8.22. The highest BCUT2D eigenvalue weighted by molar-refractivity contribution is 6.14. The van der Waals surface area contributed by atoms with Crippen LogP contribution in [0.4, 0.5) is 10.5 Å². The Bertz CT molecular complexity index is 427. The molecule has 0 spiro atoms. The lowest BCUT2D eigenvalue weighted by Gasteiger charge is -2.19. The molecule has 1 heterocycles. The zero-order chi connectivity index (χ0) is 12.3. The molecule has 0 radical (unpaired) electrons. The molecule has 5 nitrogen and oxygen atoms in total. The number of nitrogens with zero attached hydrogens (tertiary/aromatic N) is 1. The van der Waals surface area contributed by atoms with E-state index in [-0.39, 0.29) is 11.9 Å². The lowest BCUT2D eigenvalue weighted by molar-refractivity contribution is -0.117. The Morgan fingerprint density at radius 1 is 1.35 bits per heavy atom. The fraction of sp³-hybridized carbons (Fsp3) is 0.333. The molecule has 5 heteroatoms. The van der Waals surface area contributed by atoms with Crippen LogP contribution in [0.5, 0.6) is 0 Å². The summed E-state index contributed by atoms with van der Waals surface area (Å²) in [5.74, 6) is -0.172. The molecule has 2 rings (SSSR count). The largest absolute Gasteiger partial charge is 0.337 e. The number of rotatable bonds is 2. The van der Waals surface area contributed by atoms with E-state index in [2.05, 4.69) is 5.32 Å². The SMILES string of the molecule is NCc1cccc(N2C(=O)CCCNC2=O)c1. The number of urea groups is 1. The maximum Gasteiger partial charge on any atom is 0.328 e. The quantitative estimate of drug-likeness (QED) is 0.799. The Balaban J connectivity index is 2.34. The Labute approximate surface area is 99.6 Å². The van der Waals surface area contributed by atoms with Crippen LogP contribution < -0.4 is 16.0 Å². The topological polar surface area (TPSA) is 75.4 Å². The molecule has 17 heavy (non-hydrogen) atoms. The molecule has 1 fully saturated rings. The van der Waals surface area contributed by atoms with Gasteiger partial charge >= 0.3 is 6.03 Å². The molecule has 0 unspecified atom stereocenters. The van der Waals surface area contributed by atoms with Crippen LogP contribution in [0.1, 0.15) is 18.4 Å². The Kier molecular flexibility index (Phi) is 3.39. The number of benzene rings is 1. The Morgan fingerprint density at radius 2 is 2.18 bits per heavy atom. The summed E-state index contributed by atoms with van der Waals surface area (Å²) in [7, 11) is 0. The van der Waals surface area contributed by atoms with Gasteiger partial charge in [0, 0.05) is 19.5 Å². The van der Waals surface area contributed by atoms with Crippen LogP contribution in [0.15, 0.2) is 24.3 Å². The molecular weight excluding hydrogens is 218 g/mol. The molecule has 0 aromatic heterocycles. The lowest BCUT2D eigenvalue weighted by atomic mass is 10.2. The van der Waals surface area contributed by atoms with Crippen LogP contribution in [0, 0.1) is 0 Å². The fourth-order valence-electron chi connectivity index (χ4n) is 1.82. The van der Waals surface area contributed by atoms with Gasteiger partial charge in [0.05, 0.1) is 5.69 Å². The second-order valence-corrected chi connectivity index (χ2v) is 3.94. The number of amides is 3. The normalized spacial score (nSPS) is 16.6. The lowest BCUT2D eigenvalue weighted by Crippen LogP contribution is -2.41. The molecule has 1 aromatic carbocycles. The summed E-state index contributed by atoms with van der Waals surface area (Å²) in [4.78, 5) is 24.8. The smallest absolute Gasteiger partial charge is 0.328 e. The molecule has 3 N–H and O–H groups in total. The van der Waals surface area contributed by atoms with E-state index in [9.17, 15) is 9.59 Å². The monoisotopic (exact) mass is 233 g/mol. The van der Waals surface area contributed by atoms with Gasteiger partial charge < -0.3 is 11.1 Å². The van der Waals surface area contributed by atoms with Gasteiger partial charge in [0.15, 0.2) is 0 Å². The number of hydrogen-bond acceptors (Lipinski definition) is 3. The first-order valence-electron chi connectivity index (χ1n) is 5.62. The number of hydrogen-bond donors (Lipinski definition) is 2. The number of carbonyl (C=O) groups excluding carboxylic acids is 2. The molecule has 0 bridgehead atoms. The Morgan fingerprint density at radius 3 is 2.94 bits per heavy atom. The van der Waals surface area contributed by atoms with Gasteiger partial charge in [-0.3, -0.25) is 4.79 Å². The summed E-state index contributed by atoms with van der Waals surface area (Å²) in [6.07, 6.45) is 1.06. The molecular formula is C12H15N3O2. The van der Waals surface area contributed by atoms with Crippen LogP contribution in [0.25, 0.3) is 0 Å². The fourth-order valence-corrected chi connectivity index (χ4v) is 1.82. The second kappa shape index (κ2) is 4.97. The molecule has 90 valence electrons. The summed E-state index contributed by atoms with van der Waals surface area (Å²) >= 11 is 0. The summed E-state index contributed by atoms with van der Waals surface area (Å²) in [5.41, 5.74) is 7.02. The number of nitrogens with two attached hydrogens (primary N) is 1. The van der Waals surface area contributed by atoms with E-state index in [1.165, 1.54) is 4.90 Å². The molecule has 1 saturated heterocycles. The van der Waals surface area contributed by atoms with Crippen molar-refractivity contribution < 1.29 is 9.59 Å². The summed E-state index contributed by atoms with van der Waals surface area (Å²) in [6.45, 7) is 0.926. The van der Waals surface area contributed by atoms with E-state index < -0.39 is 0 Å². The van der Waals surface area contributed by atoms with Gasteiger partial charge in [-0.1, -0.05) is 12.1 Å². The highest BCUT2D eigenvalue weighted by Gasteiger charge is 2.25. The van der Waals surface area contributed by atoms with Crippen molar-refractivity contribution in [2.75, 3.05) is 11.4 Å². The average Bonchev–Trinajstić information content (AvgIpc) is 2.51. The van der Waals surface area contributed by atoms with Gasteiger partial charge in [0.1, 0.15) is 0 Å². The minimum Gasteiger partial charge on any atom is -0.337 e. The van der Waals surface area contributed by atoms with Crippen molar-refractivity contribution in [1.29, 1.82) is 0 Å². The third kappa shape index (κ3) is 2.45. The first kappa shape index (κ1) is 11.6. The predicted molar refractivity (Wildman–Crippen MR) is 64.5 cm³/mol. The highest BCUT2D eigenvalue weighted by atomic mass is 16.2. The molecule has 1 aliphatic rings. The molecule has 0 saturated carbocycles. The summed E-state index contributed by atoms with van der Waals surface area (Å²) in [6, 6.07) is 6.80. The highest BCUT2D eigenvalue weighted by Crippen LogP contribution is 2.19. The van der Waals surface area contributed by atoms with Gasteiger partial charge in [-0.05, 0) is 24.1 Å². The van der Waals surface area contributed by atoms with Gasteiger partial charge in [0.2, 0.25) is 5.91 Å². The van der Waals surface area contributed by atoms with Crippen LogP contribution in [0.3, 0.4) is 0 Å². The number of anilines is 1. The van der Waals surface area contributed by atoms with Crippen LogP contribution >= 0.6 is 0 Å². The van der Waals surface area contributed by atoms with Crippen molar-refractivity contribution in [2.24, 2.45) is 5.73 Å². The first-order valence-corrected chi connectivity index (χ1v) is 5.62. The number of nitrogens with one attached hydrogen (secondary N) is 1. The zero-order valence-corrected chi connectivity index (χ0v) is 9.48. The van der Waals surface area contributed by atoms with Crippen molar-refractivity contribution in [3.8, 4) is 0 Å². The molecule has 0 atom stereocenters. The van der Waals surface area contributed by atoms with Crippen LogP contribution in [0.2, 0.25) is 0 Å². The van der Waals surface area contributed by atoms with Gasteiger partial charge in [-0.15, -0.1) is 0 Å². The van der Waals surface area contributed by atoms with Crippen molar-refractivity contribution in [2.45, 2.75) is 19.4 Å². The molecule has 0 aliphatic carbocycles. The van der Waals surface area contributed by atoms with Gasteiger partial charge in [-0.25, -0.2) is 9.69 Å². The van der Waals surface area contributed by atoms with E-state index in [1.807, 2.05) is 6.07 Å². The molecule has 3 amide bonds. The van der Waals surface area contributed by atoms with Crippen molar-refractivity contribution in [1.82, 2.24) is 5.32 Å². The predicted octanol–water partition coefficient (Wildman–Crippen LogP) is 0.982. The van der Waals surface area contributed by atoms with E-state index in [0.29, 0.717) is 31.6 Å². The van der Waals surface area contributed by atoms with Crippen LogP contribution in [-0.2, 0) is 11.3 Å². The minimum atomic E-state index is -0.360. The van der Waals surface area contributed by atoms with Crippen molar-refractivity contribution in [3.05, 3.63) is 29.8 Å². The Hall–Kier alpha value is -1.88.